The van der Waals surface area contributed by atoms with Crippen LogP contribution in [0.1, 0.15) is 31.9 Å². The van der Waals surface area contributed by atoms with Crippen LogP contribution in [0.3, 0.4) is 0 Å². The normalized spacial score (nSPS) is 11.6. The topological polar surface area (TPSA) is 42.7 Å². The van der Waals surface area contributed by atoms with Gasteiger partial charge in [0.2, 0.25) is 0 Å². The van der Waals surface area contributed by atoms with Crippen LogP contribution in [0.25, 0.3) is 0 Å². The van der Waals surface area contributed by atoms with Gasteiger partial charge in [-0.1, -0.05) is 20.8 Å². The summed E-state index contributed by atoms with van der Waals surface area (Å²) in [7, 11) is 1.90. The molecule has 0 aromatic carbocycles. The molecule has 0 aliphatic rings. The smallest absolute Gasteiger partial charge is 0.131 e. The van der Waals surface area contributed by atoms with Crippen LogP contribution in [0.4, 0.5) is 11.6 Å². The summed E-state index contributed by atoms with van der Waals surface area (Å²) in [5.41, 5.74) is 2.65. The molecule has 2 heterocycles. The van der Waals surface area contributed by atoms with E-state index in [1.165, 1.54) is 11.1 Å². The van der Waals surface area contributed by atoms with E-state index < -0.39 is 0 Å². The highest BCUT2D eigenvalue weighted by molar-refractivity contribution is 5.54. The summed E-state index contributed by atoms with van der Waals surface area (Å²) < 4.78 is 1.79. The summed E-state index contributed by atoms with van der Waals surface area (Å²) in [6.45, 7) is 8.73. The molecular weight excluding hydrogens is 224 g/mol. The second kappa shape index (κ2) is 4.44. The molecular formula is C14H20N4. The molecule has 0 saturated carbocycles. The summed E-state index contributed by atoms with van der Waals surface area (Å²) in [5.74, 6) is 1.79. The van der Waals surface area contributed by atoms with Gasteiger partial charge in [-0.2, -0.15) is 5.10 Å². The first-order chi connectivity index (χ1) is 8.38. The molecule has 96 valence electrons. The molecule has 2 rings (SSSR count). The summed E-state index contributed by atoms with van der Waals surface area (Å²) in [6.07, 6.45) is 3.68. The molecule has 18 heavy (non-hydrogen) atoms. The van der Waals surface area contributed by atoms with Crippen LogP contribution in [0.5, 0.6) is 0 Å². The molecule has 0 aliphatic heterocycles. The molecule has 0 radical (unpaired) electrons. The lowest BCUT2D eigenvalue weighted by molar-refractivity contribution is 0.585. The third-order valence-corrected chi connectivity index (χ3v) is 2.99. The molecule has 1 N–H and O–H groups in total. The SMILES string of the molecule is Cc1cnc(Nc2ccnn2C)cc1C(C)(C)C. The predicted octanol–water partition coefficient (Wildman–Crippen LogP) is 3.16. The zero-order chi connectivity index (χ0) is 13.3. The molecule has 0 bridgehead atoms. The monoisotopic (exact) mass is 244 g/mol. The van der Waals surface area contributed by atoms with Gasteiger partial charge >= 0.3 is 0 Å². The number of hydrogen-bond donors (Lipinski definition) is 1. The zero-order valence-electron chi connectivity index (χ0n) is 11.7. The molecule has 0 atom stereocenters. The molecule has 0 fully saturated rings. The minimum atomic E-state index is 0.121. The number of aromatic nitrogens is 3. The number of pyridine rings is 1. The number of rotatable bonds is 2. The molecule has 4 heteroatoms. The van der Waals surface area contributed by atoms with E-state index in [9.17, 15) is 0 Å². The Kier molecular flexibility index (Phi) is 3.11. The average molecular weight is 244 g/mol. The van der Waals surface area contributed by atoms with Gasteiger partial charge in [0.15, 0.2) is 0 Å². The van der Waals surface area contributed by atoms with E-state index in [4.69, 9.17) is 0 Å². The molecule has 0 spiro atoms. The number of anilines is 2. The van der Waals surface area contributed by atoms with Gasteiger partial charge in [-0.05, 0) is 29.5 Å². The lowest BCUT2D eigenvalue weighted by Crippen LogP contribution is -2.14. The molecule has 0 saturated heterocycles. The third-order valence-electron chi connectivity index (χ3n) is 2.99. The standard InChI is InChI=1S/C14H20N4/c1-10-9-15-12(8-11(10)14(2,3)4)17-13-6-7-16-18(13)5/h6-9H,1-5H3,(H,15,17). The molecule has 2 aromatic rings. The number of nitrogens with one attached hydrogen (secondary N) is 1. The lowest BCUT2D eigenvalue weighted by atomic mass is 9.85. The van der Waals surface area contributed by atoms with Gasteiger partial charge in [0.05, 0.1) is 6.20 Å². The van der Waals surface area contributed by atoms with E-state index in [0.29, 0.717) is 0 Å². The fourth-order valence-electron chi connectivity index (χ4n) is 2.03. The number of hydrogen-bond acceptors (Lipinski definition) is 3. The van der Waals surface area contributed by atoms with Crippen LogP contribution >= 0.6 is 0 Å². The van der Waals surface area contributed by atoms with Crippen molar-refractivity contribution in [2.45, 2.75) is 33.1 Å². The second-order valence-electron chi connectivity index (χ2n) is 5.60. The first-order valence-corrected chi connectivity index (χ1v) is 6.10. The van der Waals surface area contributed by atoms with Crippen LogP contribution in [-0.2, 0) is 12.5 Å². The van der Waals surface area contributed by atoms with Crippen LogP contribution in [-0.4, -0.2) is 14.8 Å². The fourth-order valence-corrected chi connectivity index (χ4v) is 2.03. The van der Waals surface area contributed by atoms with Gasteiger partial charge in [-0.25, -0.2) is 4.98 Å². The highest BCUT2D eigenvalue weighted by Crippen LogP contribution is 2.27. The van der Waals surface area contributed by atoms with Crippen LogP contribution < -0.4 is 5.32 Å². The van der Waals surface area contributed by atoms with Gasteiger partial charge in [-0.3, -0.25) is 4.68 Å². The molecule has 2 aromatic heterocycles. The first kappa shape index (κ1) is 12.6. The molecule has 4 nitrogen and oxygen atoms in total. The first-order valence-electron chi connectivity index (χ1n) is 6.10. The van der Waals surface area contributed by atoms with Crippen molar-refractivity contribution in [3.8, 4) is 0 Å². The Morgan fingerprint density at radius 2 is 2.00 bits per heavy atom. The molecule has 0 unspecified atom stereocenters. The summed E-state index contributed by atoms with van der Waals surface area (Å²) in [5, 5.41) is 7.41. The van der Waals surface area contributed by atoms with Crippen molar-refractivity contribution in [1.29, 1.82) is 0 Å². The van der Waals surface area contributed by atoms with Gasteiger partial charge in [0.25, 0.3) is 0 Å². The second-order valence-corrected chi connectivity index (χ2v) is 5.60. The predicted molar refractivity (Wildman–Crippen MR) is 74.2 cm³/mol. The van der Waals surface area contributed by atoms with E-state index in [1.54, 1.807) is 10.9 Å². The number of nitrogens with zero attached hydrogens (tertiary/aromatic N) is 3. The average Bonchev–Trinajstić information content (AvgIpc) is 2.66. The van der Waals surface area contributed by atoms with Gasteiger partial charge in [-0.15, -0.1) is 0 Å². The Morgan fingerprint density at radius 1 is 1.28 bits per heavy atom. The Balaban J connectivity index is 2.33. The quantitative estimate of drug-likeness (QED) is 0.882. The maximum Gasteiger partial charge on any atom is 0.131 e. The third kappa shape index (κ3) is 2.53. The van der Waals surface area contributed by atoms with Gasteiger partial charge < -0.3 is 5.32 Å². The molecule has 0 amide bonds. The van der Waals surface area contributed by atoms with E-state index in [1.807, 2.05) is 19.3 Å². The van der Waals surface area contributed by atoms with Crippen molar-refractivity contribution >= 4 is 11.6 Å². The fraction of sp³-hybridized carbons (Fsp3) is 0.429. The summed E-state index contributed by atoms with van der Waals surface area (Å²) in [6, 6.07) is 4.04. The maximum absolute atomic E-state index is 4.42. The Labute approximate surface area is 108 Å². The van der Waals surface area contributed by atoms with E-state index in [0.717, 1.165) is 11.6 Å². The Morgan fingerprint density at radius 3 is 2.56 bits per heavy atom. The summed E-state index contributed by atoms with van der Waals surface area (Å²) in [4.78, 5) is 4.42. The van der Waals surface area contributed by atoms with Crippen molar-refractivity contribution in [1.82, 2.24) is 14.8 Å². The van der Waals surface area contributed by atoms with Crippen molar-refractivity contribution in [3.63, 3.8) is 0 Å². The Hall–Kier alpha value is -1.84. The van der Waals surface area contributed by atoms with Gasteiger partial charge in [0, 0.05) is 19.3 Å². The van der Waals surface area contributed by atoms with Crippen molar-refractivity contribution in [2.75, 3.05) is 5.32 Å². The van der Waals surface area contributed by atoms with Crippen molar-refractivity contribution in [3.05, 3.63) is 35.7 Å². The highest BCUT2D eigenvalue weighted by Gasteiger charge is 2.17. The van der Waals surface area contributed by atoms with Crippen LogP contribution in [0, 0.1) is 6.92 Å². The zero-order valence-corrected chi connectivity index (χ0v) is 11.7. The minimum absolute atomic E-state index is 0.121. The largest absolute Gasteiger partial charge is 0.325 e. The lowest BCUT2D eigenvalue weighted by Gasteiger charge is -2.22. The maximum atomic E-state index is 4.42. The molecule has 0 aliphatic carbocycles. The highest BCUT2D eigenvalue weighted by atomic mass is 15.3. The van der Waals surface area contributed by atoms with E-state index in [-0.39, 0.29) is 5.41 Å². The van der Waals surface area contributed by atoms with E-state index in [2.05, 4.69) is 49.2 Å². The summed E-state index contributed by atoms with van der Waals surface area (Å²) >= 11 is 0. The van der Waals surface area contributed by atoms with Crippen LogP contribution in [0.2, 0.25) is 0 Å². The van der Waals surface area contributed by atoms with Crippen molar-refractivity contribution in [2.24, 2.45) is 7.05 Å². The Bertz CT molecular complexity index is 549. The van der Waals surface area contributed by atoms with E-state index >= 15 is 0 Å². The van der Waals surface area contributed by atoms with Crippen LogP contribution in [0.15, 0.2) is 24.5 Å². The van der Waals surface area contributed by atoms with Gasteiger partial charge in [0.1, 0.15) is 11.6 Å². The minimum Gasteiger partial charge on any atom is -0.325 e. The number of aryl methyl sites for hydroxylation is 2. The van der Waals surface area contributed by atoms with Crippen molar-refractivity contribution < 1.29 is 0 Å².